The second-order valence-corrected chi connectivity index (χ2v) is 6.27. The second kappa shape index (κ2) is 4.99. The molecule has 0 amide bonds. The van der Waals surface area contributed by atoms with Gasteiger partial charge in [0.2, 0.25) is 0 Å². The van der Waals surface area contributed by atoms with Gasteiger partial charge in [0.05, 0.1) is 6.04 Å². The van der Waals surface area contributed by atoms with Crippen LogP contribution in [0.25, 0.3) is 0 Å². The summed E-state index contributed by atoms with van der Waals surface area (Å²) in [6, 6.07) is 0.0621. The van der Waals surface area contributed by atoms with Crippen molar-refractivity contribution in [3.63, 3.8) is 0 Å². The predicted octanol–water partition coefficient (Wildman–Crippen LogP) is 0.194. The summed E-state index contributed by atoms with van der Waals surface area (Å²) < 4.78 is 28.4. The number of likely N-dealkylation sites (N-methyl/N-ethyl adjacent to an activating group) is 1. The van der Waals surface area contributed by atoms with Crippen molar-refractivity contribution in [2.45, 2.75) is 38.4 Å². The van der Waals surface area contributed by atoms with Gasteiger partial charge in [-0.15, -0.1) is 0 Å². The van der Waals surface area contributed by atoms with Crippen LogP contribution in [0.3, 0.4) is 0 Å². The number of hydrogen-bond acceptors (Lipinski definition) is 4. The summed E-state index contributed by atoms with van der Waals surface area (Å²) in [5, 5.41) is 3.26. The first kappa shape index (κ1) is 13.5. The van der Waals surface area contributed by atoms with E-state index in [1.165, 1.54) is 4.31 Å². The van der Waals surface area contributed by atoms with E-state index in [1.54, 1.807) is 6.20 Å². The van der Waals surface area contributed by atoms with E-state index in [0.29, 0.717) is 6.54 Å². The monoisotopic (exact) mass is 272 g/mol. The molecule has 1 fully saturated rings. The Morgan fingerprint density at radius 3 is 2.56 bits per heavy atom. The molecule has 6 nitrogen and oxygen atoms in total. The normalized spacial score (nSPS) is 17.1. The molecule has 0 bridgehead atoms. The molecule has 102 valence electrons. The molecule has 7 heteroatoms. The Kier molecular flexibility index (Phi) is 3.74. The van der Waals surface area contributed by atoms with Crippen molar-refractivity contribution in [3.05, 3.63) is 12.0 Å². The van der Waals surface area contributed by atoms with E-state index in [9.17, 15) is 8.42 Å². The zero-order valence-corrected chi connectivity index (χ0v) is 11.9. The van der Waals surface area contributed by atoms with Gasteiger partial charge >= 0.3 is 0 Å². The van der Waals surface area contributed by atoms with Crippen molar-refractivity contribution in [2.24, 2.45) is 0 Å². The fourth-order valence-electron chi connectivity index (χ4n) is 2.15. The summed E-state index contributed by atoms with van der Waals surface area (Å²) in [4.78, 5) is 4.18. The summed E-state index contributed by atoms with van der Waals surface area (Å²) in [6.07, 6.45) is 1.62. The number of nitrogens with zero attached hydrogens (tertiary/aromatic N) is 3. The van der Waals surface area contributed by atoms with Crippen LogP contribution < -0.4 is 5.32 Å². The first-order chi connectivity index (χ1) is 8.50. The van der Waals surface area contributed by atoms with Crippen LogP contribution in [0.1, 0.15) is 19.7 Å². The predicted molar refractivity (Wildman–Crippen MR) is 68.9 cm³/mol. The minimum absolute atomic E-state index is 0.0621. The molecular formula is C11H20N4O2S. The lowest BCUT2D eigenvalue weighted by molar-refractivity contribution is 0.249. The van der Waals surface area contributed by atoms with E-state index >= 15 is 0 Å². The minimum atomic E-state index is -3.46. The number of aryl methyl sites for hydroxylation is 2. The first-order valence-corrected chi connectivity index (χ1v) is 7.71. The second-order valence-electron chi connectivity index (χ2n) is 4.43. The van der Waals surface area contributed by atoms with E-state index in [2.05, 4.69) is 10.3 Å². The molecule has 1 aliphatic heterocycles. The van der Waals surface area contributed by atoms with Crippen molar-refractivity contribution >= 4 is 10.0 Å². The summed E-state index contributed by atoms with van der Waals surface area (Å²) in [6.45, 7) is 8.31. The fraction of sp³-hybridized carbons (Fsp3) is 0.727. The Morgan fingerprint density at radius 2 is 2.17 bits per heavy atom. The van der Waals surface area contributed by atoms with Crippen LogP contribution in [-0.4, -0.2) is 48.0 Å². The molecule has 1 aliphatic rings. The number of sulfonamides is 1. The quantitative estimate of drug-likeness (QED) is 0.831. The van der Waals surface area contributed by atoms with Gasteiger partial charge in [-0.3, -0.25) is 0 Å². The van der Waals surface area contributed by atoms with Crippen molar-refractivity contribution in [1.82, 2.24) is 19.2 Å². The fourth-order valence-corrected chi connectivity index (χ4v) is 3.77. The van der Waals surface area contributed by atoms with Gasteiger partial charge in [0, 0.05) is 32.4 Å². The minimum Gasteiger partial charge on any atom is -0.334 e. The summed E-state index contributed by atoms with van der Waals surface area (Å²) in [5.74, 6) is 0.735. The first-order valence-electron chi connectivity index (χ1n) is 6.27. The summed E-state index contributed by atoms with van der Waals surface area (Å²) in [5.41, 5.74) is 0. The highest BCUT2D eigenvalue weighted by atomic mass is 32.2. The van der Waals surface area contributed by atoms with Gasteiger partial charge in [-0.05, 0) is 13.8 Å². The Hall–Kier alpha value is -0.920. The van der Waals surface area contributed by atoms with E-state index in [1.807, 2.05) is 25.3 Å². The molecule has 1 N–H and O–H groups in total. The number of imidazole rings is 1. The van der Waals surface area contributed by atoms with Crippen molar-refractivity contribution < 1.29 is 8.42 Å². The Morgan fingerprint density at radius 1 is 1.50 bits per heavy atom. The lowest BCUT2D eigenvalue weighted by Gasteiger charge is -2.36. The summed E-state index contributed by atoms with van der Waals surface area (Å²) in [7, 11) is -3.46. The van der Waals surface area contributed by atoms with E-state index < -0.39 is 10.0 Å². The zero-order chi connectivity index (χ0) is 13.3. The lowest BCUT2D eigenvalue weighted by atomic mass is 10.2. The van der Waals surface area contributed by atoms with Crippen LogP contribution in [-0.2, 0) is 16.6 Å². The molecule has 0 aliphatic carbocycles. The highest BCUT2D eigenvalue weighted by Crippen LogP contribution is 2.19. The molecule has 0 atom stereocenters. The number of hydrogen-bond donors (Lipinski definition) is 1. The molecule has 18 heavy (non-hydrogen) atoms. The average Bonchev–Trinajstić information content (AvgIpc) is 2.65. The molecule has 2 heterocycles. The van der Waals surface area contributed by atoms with E-state index in [-0.39, 0.29) is 11.1 Å². The summed E-state index contributed by atoms with van der Waals surface area (Å²) >= 11 is 0. The number of nitrogens with one attached hydrogen (secondary N) is 1. The average molecular weight is 272 g/mol. The van der Waals surface area contributed by atoms with Gasteiger partial charge in [0.1, 0.15) is 5.82 Å². The molecular weight excluding hydrogens is 252 g/mol. The standard InChI is InChI=1S/C11H20N4O2S/c1-4-14-8-11(13-9(14)3)18(16,17)15(5-2)10-6-12-7-10/h8,10,12H,4-7H2,1-3H3. The molecule has 0 saturated carbocycles. The van der Waals surface area contributed by atoms with Gasteiger partial charge in [-0.25, -0.2) is 13.4 Å². The topological polar surface area (TPSA) is 67.2 Å². The maximum Gasteiger partial charge on any atom is 0.262 e. The van der Waals surface area contributed by atoms with Gasteiger partial charge in [0.25, 0.3) is 10.0 Å². The maximum atomic E-state index is 12.5. The molecule has 0 spiro atoms. The maximum absolute atomic E-state index is 12.5. The van der Waals surface area contributed by atoms with Crippen molar-refractivity contribution in [1.29, 1.82) is 0 Å². The highest BCUT2D eigenvalue weighted by Gasteiger charge is 2.35. The number of aromatic nitrogens is 2. The third-order valence-corrected chi connectivity index (χ3v) is 5.25. The largest absolute Gasteiger partial charge is 0.334 e. The third kappa shape index (κ3) is 2.17. The Labute approximate surface area is 108 Å². The smallest absolute Gasteiger partial charge is 0.262 e. The molecule has 1 saturated heterocycles. The van der Waals surface area contributed by atoms with Gasteiger partial charge in [-0.2, -0.15) is 4.31 Å². The van der Waals surface area contributed by atoms with Crippen LogP contribution >= 0.6 is 0 Å². The van der Waals surface area contributed by atoms with Crippen LogP contribution in [0.5, 0.6) is 0 Å². The Bertz CT molecular complexity index is 519. The molecule has 0 radical (unpaired) electrons. The molecule has 1 aromatic rings. The van der Waals surface area contributed by atoms with Crippen molar-refractivity contribution in [2.75, 3.05) is 19.6 Å². The van der Waals surface area contributed by atoms with Crippen LogP contribution in [0.15, 0.2) is 11.2 Å². The van der Waals surface area contributed by atoms with Crippen LogP contribution in [0, 0.1) is 6.92 Å². The van der Waals surface area contributed by atoms with Gasteiger partial charge in [-0.1, -0.05) is 6.92 Å². The Balaban J connectivity index is 2.33. The molecule has 0 aromatic carbocycles. The SMILES string of the molecule is CCN(C1CNC1)S(=O)(=O)c1cn(CC)c(C)n1. The molecule has 0 unspecified atom stereocenters. The van der Waals surface area contributed by atoms with Crippen molar-refractivity contribution in [3.8, 4) is 0 Å². The van der Waals surface area contributed by atoms with E-state index in [4.69, 9.17) is 0 Å². The molecule has 1 aromatic heterocycles. The highest BCUT2D eigenvalue weighted by molar-refractivity contribution is 7.89. The van der Waals surface area contributed by atoms with E-state index in [0.717, 1.165) is 25.5 Å². The van der Waals surface area contributed by atoms with Crippen LogP contribution in [0.2, 0.25) is 0 Å². The van der Waals surface area contributed by atoms with Gasteiger partial charge in [0.15, 0.2) is 5.03 Å². The lowest BCUT2D eigenvalue weighted by Crippen LogP contribution is -2.58. The van der Waals surface area contributed by atoms with Gasteiger partial charge < -0.3 is 9.88 Å². The van der Waals surface area contributed by atoms with Crippen LogP contribution in [0.4, 0.5) is 0 Å². The third-order valence-electron chi connectivity index (χ3n) is 3.35. The number of rotatable bonds is 5. The molecule has 2 rings (SSSR count). The zero-order valence-electron chi connectivity index (χ0n) is 11.0.